The van der Waals surface area contributed by atoms with E-state index in [1.807, 2.05) is 12.3 Å². The van der Waals surface area contributed by atoms with E-state index in [1.54, 1.807) is 0 Å². The Morgan fingerprint density at radius 2 is 2.00 bits per heavy atom. The average Bonchev–Trinajstić information content (AvgIpc) is 2.86. The molecule has 0 bridgehead atoms. The molecule has 1 N–H and O–H groups in total. The fourth-order valence-electron chi connectivity index (χ4n) is 4.76. The Morgan fingerprint density at radius 1 is 1.18 bits per heavy atom. The Kier molecular flexibility index (Phi) is 8.48. The van der Waals surface area contributed by atoms with Crippen LogP contribution in [0.5, 0.6) is 0 Å². The van der Waals surface area contributed by atoms with Crippen LogP contribution in [-0.4, -0.2) is 77.5 Å². The van der Waals surface area contributed by atoms with Crippen molar-refractivity contribution < 1.29 is 19.4 Å². The van der Waals surface area contributed by atoms with Gasteiger partial charge in [-0.25, -0.2) is 9.97 Å². The number of aromatic nitrogens is 2. The van der Waals surface area contributed by atoms with Gasteiger partial charge in [-0.05, 0) is 42.9 Å². The highest BCUT2D eigenvalue weighted by molar-refractivity contribution is 5.66. The van der Waals surface area contributed by atoms with Crippen molar-refractivity contribution in [1.82, 2.24) is 14.9 Å². The van der Waals surface area contributed by atoms with Gasteiger partial charge in [0, 0.05) is 38.1 Å². The molecule has 8 heteroatoms. The fourth-order valence-corrected chi connectivity index (χ4v) is 4.76. The number of anilines is 1. The molecule has 34 heavy (non-hydrogen) atoms. The summed E-state index contributed by atoms with van der Waals surface area (Å²) in [5.41, 5.74) is 3.49. The van der Waals surface area contributed by atoms with E-state index in [0.717, 1.165) is 76.7 Å². The summed E-state index contributed by atoms with van der Waals surface area (Å²) >= 11 is 0. The highest BCUT2D eigenvalue weighted by atomic mass is 16.5. The Morgan fingerprint density at radius 3 is 2.79 bits per heavy atom. The van der Waals surface area contributed by atoms with Crippen LogP contribution in [0.1, 0.15) is 43.0 Å². The Hall–Kier alpha value is -2.55. The minimum atomic E-state index is -0.823. The second kappa shape index (κ2) is 11.7. The summed E-state index contributed by atoms with van der Waals surface area (Å²) in [6.45, 7) is 8.28. The summed E-state index contributed by atoms with van der Waals surface area (Å²) in [7, 11) is 0. The van der Waals surface area contributed by atoms with Gasteiger partial charge in [0.1, 0.15) is 0 Å². The first-order valence-electron chi connectivity index (χ1n) is 12.4. The lowest BCUT2D eigenvalue weighted by Gasteiger charge is -2.47. The summed E-state index contributed by atoms with van der Waals surface area (Å²) in [6, 6.07) is 10.6. The van der Waals surface area contributed by atoms with Gasteiger partial charge in [0.25, 0.3) is 0 Å². The van der Waals surface area contributed by atoms with Gasteiger partial charge in [0.15, 0.2) is 0 Å². The van der Waals surface area contributed by atoms with Crippen molar-refractivity contribution in [2.45, 2.75) is 51.2 Å². The second-order valence-corrected chi connectivity index (χ2v) is 9.26. The molecule has 2 aliphatic rings. The lowest BCUT2D eigenvalue weighted by Crippen LogP contribution is -2.57. The molecule has 1 aromatic heterocycles. The standard InChI is InChI=1S/C26H36N4O4/c1-2-23-6-11-27-25(28-23)30-14-17-34-26(20-30)9-12-29(13-10-26)19-22-5-3-4-21(18-22)7-15-33-16-8-24(31)32/h3-6,11,18H,2,7-10,12-17,19-20H2,1H3,(H,31,32). The number of rotatable bonds is 10. The lowest BCUT2D eigenvalue weighted by atomic mass is 9.89. The van der Waals surface area contributed by atoms with Gasteiger partial charge in [0.2, 0.25) is 5.95 Å². The van der Waals surface area contributed by atoms with Crippen molar-refractivity contribution in [3.8, 4) is 0 Å². The smallest absolute Gasteiger partial charge is 0.305 e. The van der Waals surface area contributed by atoms with Crippen LogP contribution in [0.2, 0.25) is 0 Å². The maximum absolute atomic E-state index is 10.6. The summed E-state index contributed by atoms with van der Waals surface area (Å²) in [5, 5.41) is 8.69. The number of aryl methyl sites for hydroxylation is 1. The molecule has 2 saturated heterocycles. The summed E-state index contributed by atoms with van der Waals surface area (Å²) in [5.74, 6) is 0.00360. The summed E-state index contributed by atoms with van der Waals surface area (Å²) in [4.78, 5) is 24.6. The van der Waals surface area contributed by atoms with Crippen molar-refractivity contribution in [2.75, 3.05) is 50.9 Å². The van der Waals surface area contributed by atoms with Gasteiger partial charge < -0.3 is 19.5 Å². The minimum Gasteiger partial charge on any atom is -0.481 e. The van der Waals surface area contributed by atoms with E-state index in [2.05, 4.69) is 46.0 Å². The molecule has 2 aromatic rings. The van der Waals surface area contributed by atoms with E-state index in [9.17, 15) is 4.79 Å². The van der Waals surface area contributed by atoms with Gasteiger partial charge in [0.05, 0.1) is 38.4 Å². The maximum atomic E-state index is 10.6. The van der Waals surface area contributed by atoms with Gasteiger partial charge in [-0.1, -0.05) is 31.2 Å². The molecule has 0 unspecified atom stereocenters. The molecule has 0 radical (unpaired) electrons. The molecule has 0 amide bonds. The van der Waals surface area contributed by atoms with Crippen LogP contribution in [0.3, 0.4) is 0 Å². The van der Waals surface area contributed by atoms with Crippen molar-refractivity contribution in [2.24, 2.45) is 0 Å². The third-order valence-corrected chi connectivity index (χ3v) is 6.75. The van der Waals surface area contributed by atoms with Crippen LogP contribution >= 0.6 is 0 Å². The quantitative estimate of drug-likeness (QED) is 0.533. The molecule has 2 aliphatic heterocycles. The highest BCUT2D eigenvalue weighted by Crippen LogP contribution is 2.32. The first-order valence-corrected chi connectivity index (χ1v) is 12.4. The Labute approximate surface area is 201 Å². The normalized spacial score (nSPS) is 18.3. The van der Waals surface area contributed by atoms with Crippen LogP contribution in [0, 0.1) is 0 Å². The molecule has 0 atom stereocenters. The molecular formula is C26H36N4O4. The summed E-state index contributed by atoms with van der Waals surface area (Å²) < 4.78 is 11.8. The predicted octanol–water partition coefficient (Wildman–Crippen LogP) is 2.94. The minimum absolute atomic E-state index is 0.0517. The number of piperidine rings is 1. The number of morpholine rings is 1. The number of nitrogens with zero attached hydrogens (tertiary/aromatic N) is 4. The van der Waals surface area contributed by atoms with Crippen molar-refractivity contribution in [3.63, 3.8) is 0 Å². The van der Waals surface area contributed by atoms with Crippen LogP contribution in [-0.2, 0) is 33.7 Å². The van der Waals surface area contributed by atoms with Gasteiger partial charge >= 0.3 is 5.97 Å². The van der Waals surface area contributed by atoms with Crippen LogP contribution < -0.4 is 4.90 Å². The fraction of sp³-hybridized carbons (Fsp3) is 0.577. The molecule has 3 heterocycles. The van der Waals surface area contributed by atoms with Crippen LogP contribution in [0.15, 0.2) is 36.5 Å². The highest BCUT2D eigenvalue weighted by Gasteiger charge is 2.40. The molecule has 2 fully saturated rings. The van der Waals surface area contributed by atoms with E-state index in [0.29, 0.717) is 6.61 Å². The number of carboxylic acids is 1. The first-order chi connectivity index (χ1) is 16.5. The van der Waals surface area contributed by atoms with Crippen molar-refractivity contribution in [1.29, 1.82) is 0 Å². The SMILES string of the molecule is CCc1ccnc(N2CCOC3(CCN(Cc4cccc(CCOCCC(=O)O)c4)CC3)C2)n1. The number of benzene rings is 1. The monoisotopic (exact) mass is 468 g/mol. The van der Waals surface area contributed by atoms with Crippen molar-refractivity contribution >= 4 is 11.9 Å². The molecule has 184 valence electrons. The van der Waals surface area contributed by atoms with E-state index in [4.69, 9.17) is 19.6 Å². The van der Waals surface area contributed by atoms with E-state index in [-0.39, 0.29) is 18.6 Å². The first kappa shape index (κ1) is 24.6. The van der Waals surface area contributed by atoms with E-state index < -0.39 is 5.97 Å². The van der Waals surface area contributed by atoms with Gasteiger partial charge in [-0.15, -0.1) is 0 Å². The average molecular weight is 469 g/mol. The topological polar surface area (TPSA) is 88.0 Å². The van der Waals surface area contributed by atoms with Crippen LogP contribution in [0.25, 0.3) is 0 Å². The third kappa shape index (κ3) is 6.74. The molecular weight excluding hydrogens is 432 g/mol. The zero-order valence-corrected chi connectivity index (χ0v) is 20.1. The number of ether oxygens (including phenoxy) is 2. The molecule has 0 saturated carbocycles. The second-order valence-electron chi connectivity index (χ2n) is 9.26. The van der Waals surface area contributed by atoms with E-state index >= 15 is 0 Å². The molecule has 1 aromatic carbocycles. The number of likely N-dealkylation sites (tertiary alicyclic amines) is 1. The lowest BCUT2D eigenvalue weighted by molar-refractivity contribution is -0.138. The number of hydrogen-bond donors (Lipinski definition) is 1. The number of carbonyl (C=O) groups is 1. The zero-order valence-electron chi connectivity index (χ0n) is 20.1. The Bertz CT molecular complexity index is 946. The molecule has 1 spiro atoms. The zero-order chi connectivity index (χ0) is 23.8. The molecule has 0 aliphatic carbocycles. The van der Waals surface area contributed by atoms with Gasteiger partial charge in [-0.2, -0.15) is 0 Å². The third-order valence-electron chi connectivity index (χ3n) is 6.75. The number of hydrogen-bond acceptors (Lipinski definition) is 7. The number of aliphatic carboxylic acids is 1. The largest absolute Gasteiger partial charge is 0.481 e. The maximum Gasteiger partial charge on any atom is 0.305 e. The Balaban J connectivity index is 1.26. The number of carboxylic acid groups (broad SMARTS) is 1. The van der Waals surface area contributed by atoms with Crippen LogP contribution in [0.4, 0.5) is 5.95 Å². The predicted molar refractivity (Wildman–Crippen MR) is 130 cm³/mol. The van der Waals surface area contributed by atoms with Gasteiger partial charge in [-0.3, -0.25) is 9.69 Å². The van der Waals surface area contributed by atoms with E-state index in [1.165, 1.54) is 11.1 Å². The van der Waals surface area contributed by atoms with Crippen molar-refractivity contribution in [3.05, 3.63) is 53.3 Å². The molecule has 4 rings (SSSR count). The molecule has 8 nitrogen and oxygen atoms in total. The summed E-state index contributed by atoms with van der Waals surface area (Å²) in [6.07, 6.45) is 5.64.